The third-order valence-electron chi connectivity index (χ3n) is 5.89. The van der Waals surface area contributed by atoms with Crippen LogP contribution in [0.4, 0.5) is 9.59 Å². The van der Waals surface area contributed by atoms with Gasteiger partial charge in [0.25, 0.3) is 6.73 Å². The first-order valence-corrected chi connectivity index (χ1v) is 12.8. The normalized spacial score (nSPS) is 12.6. The predicted octanol–water partition coefficient (Wildman–Crippen LogP) is 3.81. The van der Waals surface area contributed by atoms with Crippen molar-refractivity contribution in [2.75, 3.05) is 0 Å². The summed E-state index contributed by atoms with van der Waals surface area (Å²) in [5.41, 5.74) is 4.62. The van der Waals surface area contributed by atoms with Crippen LogP contribution >= 0.6 is 0 Å². The van der Waals surface area contributed by atoms with Gasteiger partial charge in [-0.3, -0.25) is 4.79 Å². The van der Waals surface area contributed by atoms with Gasteiger partial charge in [-0.2, -0.15) is 4.57 Å². The highest BCUT2D eigenvalue weighted by atomic mass is 16.6. The lowest BCUT2D eigenvalue weighted by molar-refractivity contribution is -0.727. The fourth-order valence-electron chi connectivity index (χ4n) is 4.21. The Balaban J connectivity index is 1.91. The molecule has 0 atom stereocenters. The molecular formula is C27H39N4O6+. The second kappa shape index (κ2) is 12.6. The molecule has 2 aromatic rings. The van der Waals surface area contributed by atoms with Crippen molar-refractivity contribution in [1.82, 2.24) is 15.2 Å². The lowest BCUT2D eigenvalue weighted by Gasteiger charge is -2.14. The highest BCUT2D eigenvalue weighted by Crippen LogP contribution is 2.36. The monoisotopic (exact) mass is 515 g/mol. The van der Waals surface area contributed by atoms with E-state index >= 15 is 0 Å². The number of aromatic nitrogens is 2. The van der Waals surface area contributed by atoms with E-state index < -0.39 is 12.2 Å². The van der Waals surface area contributed by atoms with E-state index in [1.165, 1.54) is 0 Å². The van der Waals surface area contributed by atoms with Gasteiger partial charge < -0.3 is 29.4 Å². The smallest absolute Gasteiger partial charge is 0.407 e. The molecule has 10 heteroatoms. The van der Waals surface area contributed by atoms with Crippen LogP contribution in [0, 0.1) is 5.92 Å². The van der Waals surface area contributed by atoms with E-state index in [1.807, 2.05) is 52.2 Å². The number of esters is 1. The Morgan fingerprint density at radius 1 is 0.892 bits per heavy atom. The van der Waals surface area contributed by atoms with Crippen LogP contribution in [0.5, 0.6) is 0 Å². The highest BCUT2D eigenvalue weighted by molar-refractivity contribution is 5.72. The Bertz CT molecular complexity index is 1110. The van der Waals surface area contributed by atoms with Crippen LogP contribution in [0.25, 0.3) is 11.3 Å². The van der Waals surface area contributed by atoms with Crippen LogP contribution in [0.2, 0.25) is 0 Å². The molecule has 3 heterocycles. The van der Waals surface area contributed by atoms with Crippen LogP contribution in [0.1, 0.15) is 64.8 Å². The van der Waals surface area contributed by atoms with Crippen LogP contribution < -0.4 is 15.2 Å². The molecule has 3 rings (SSSR count). The highest BCUT2D eigenvalue weighted by Gasteiger charge is 2.28. The van der Waals surface area contributed by atoms with E-state index in [0.29, 0.717) is 0 Å². The average Bonchev–Trinajstić information content (AvgIpc) is 3.40. The molecule has 0 fully saturated rings. The molecule has 0 bridgehead atoms. The Labute approximate surface area is 218 Å². The van der Waals surface area contributed by atoms with E-state index in [1.54, 1.807) is 18.4 Å². The van der Waals surface area contributed by atoms with Crippen molar-refractivity contribution >= 4 is 18.2 Å². The van der Waals surface area contributed by atoms with E-state index in [0.717, 1.165) is 47.5 Å². The standard InChI is InChI=1S/C27H38N4O6/c1-17(2)25(32)37-16-30-12-9-20(10-13-30)24-22(15-36-27(34)29-19(5)6)21(23-8-7-11-31(23)24)14-35-26(33)28-18(3)4/h9-10,12-13,17-19H,7-8,11,14-16H2,1-6H3,(H-,28,29,33,34)/p+1. The molecular weight excluding hydrogens is 476 g/mol. The Morgan fingerprint density at radius 3 is 2.00 bits per heavy atom. The Hall–Kier alpha value is -3.56. The number of rotatable bonds is 10. The fraction of sp³-hybridized carbons (Fsp3) is 0.556. The molecule has 2 amide bonds. The van der Waals surface area contributed by atoms with E-state index in [4.69, 9.17) is 14.2 Å². The molecule has 0 saturated heterocycles. The van der Waals surface area contributed by atoms with Gasteiger partial charge in [0.05, 0.1) is 11.6 Å². The molecule has 0 unspecified atom stereocenters. The number of hydrogen-bond acceptors (Lipinski definition) is 6. The SMILES string of the molecule is CC(C)NC(=O)OCc1c(COC(=O)NC(C)C)c(-c2cc[n+](COC(=O)C(C)C)cc2)n2c1CCC2. The van der Waals surface area contributed by atoms with Gasteiger partial charge in [-0.25, -0.2) is 9.59 Å². The summed E-state index contributed by atoms with van der Waals surface area (Å²) in [5.74, 6) is -0.451. The second-order valence-electron chi connectivity index (χ2n) is 10.1. The molecule has 37 heavy (non-hydrogen) atoms. The van der Waals surface area contributed by atoms with Gasteiger partial charge >= 0.3 is 18.2 Å². The maximum absolute atomic E-state index is 12.3. The molecule has 2 aromatic heterocycles. The Kier molecular flexibility index (Phi) is 9.54. The number of carbonyl (C=O) groups excluding carboxylic acids is 3. The predicted molar refractivity (Wildman–Crippen MR) is 136 cm³/mol. The van der Waals surface area contributed by atoms with Crippen molar-refractivity contribution in [3.05, 3.63) is 41.3 Å². The van der Waals surface area contributed by atoms with E-state index in [2.05, 4.69) is 15.2 Å². The van der Waals surface area contributed by atoms with Crippen molar-refractivity contribution in [2.24, 2.45) is 5.92 Å². The first kappa shape index (κ1) is 28.0. The minimum Gasteiger partial charge on any atom is -0.445 e. The first-order valence-electron chi connectivity index (χ1n) is 12.8. The maximum atomic E-state index is 12.3. The minimum atomic E-state index is -0.505. The van der Waals surface area contributed by atoms with Crippen LogP contribution in [-0.4, -0.2) is 34.8 Å². The van der Waals surface area contributed by atoms with Crippen molar-refractivity contribution in [3.63, 3.8) is 0 Å². The molecule has 0 spiro atoms. The zero-order valence-corrected chi connectivity index (χ0v) is 22.6. The number of hydrogen-bond donors (Lipinski definition) is 2. The number of nitrogens with one attached hydrogen (secondary N) is 2. The molecule has 0 saturated carbocycles. The Morgan fingerprint density at radius 2 is 1.46 bits per heavy atom. The number of amides is 2. The third-order valence-corrected chi connectivity index (χ3v) is 5.89. The quantitative estimate of drug-likeness (QED) is 0.283. The van der Waals surface area contributed by atoms with Gasteiger partial charge in [-0.15, -0.1) is 0 Å². The number of nitrogens with zero attached hydrogens (tertiary/aromatic N) is 2. The van der Waals surface area contributed by atoms with Gasteiger partial charge in [0, 0.05) is 53.1 Å². The topological polar surface area (TPSA) is 112 Å². The summed E-state index contributed by atoms with van der Waals surface area (Å²) in [6, 6.07) is 3.79. The number of carbonyl (C=O) groups is 3. The zero-order valence-electron chi connectivity index (χ0n) is 22.6. The summed E-state index contributed by atoms with van der Waals surface area (Å²) in [7, 11) is 0. The van der Waals surface area contributed by atoms with Gasteiger partial charge in [-0.05, 0) is 40.5 Å². The molecule has 2 N–H and O–H groups in total. The van der Waals surface area contributed by atoms with Crippen molar-refractivity contribution in [3.8, 4) is 11.3 Å². The second-order valence-corrected chi connectivity index (χ2v) is 10.1. The molecule has 0 aromatic carbocycles. The largest absolute Gasteiger partial charge is 0.445 e. The molecule has 10 nitrogen and oxygen atoms in total. The van der Waals surface area contributed by atoms with Crippen molar-refractivity contribution in [2.45, 2.75) is 93.0 Å². The summed E-state index contributed by atoms with van der Waals surface area (Å²) < 4.78 is 20.4. The summed E-state index contributed by atoms with van der Waals surface area (Å²) in [6.07, 6.45) is 4.51. The molecule has 1 aliphatic heterocycles. The molecule has 202 valence electrons. The molecule has 0 aliphatic carbocycles. The minimum absolute atomic E-state index is 0.0406. The summed E-state index contributed by atoms with van der Waals surface area (Å²) in [4.78, 5) is 36.3. The lowest BCUT2D eigenvalue weighted by Crippen LogP contribution is -2.35. The van der Waals surface area contributed by atoms with E-state index in [9.17, 15) is 14.4 Å². The summed E-state index contributed by atoms with van der Waals surface area (Å²) >= 11 is 0. The number of ether oxygens (including phenoxy) is 3. The fourth-order valence-corrected chi connectivity index (χ4v) is 4.21. The molecule has 0 radical (unpaired) electrons. The van der Waals surface area contributed by atoms with Gasteiger partial charge in [0.15, 0.2) is 12.4 Å². The number of pyridine rings is 1. The van der Waals surface area contributed by atoms with E-state index in [-0.39, 0.29) is 43.9 Å². The summed E-state index contributed by atoms with van der Waals surface area (Å²) in [5, 5.41) is 5.48. The first-order chi connectivity index (χ1) is 17.6. The molecule has 1 aliphatic rings. The van der Waals surface area contributed by atoms with Gasteiger partial charge in [-0.1, -0.05) is 13.8 Å². The van der Waals surface area contributed by atoms with Crippen LogP contribution in [0.15, 0.2) is 24.5 Å². The average molecular weight is 516 g/mol. The number of alkyl carbamates (subject to hydrolysis) is 2. The van der Waals surface area contributed by atoms with Crippen LogP contribution in [0.3, 0.4) is 0 Å². The van der Waals surface area contributed by atoms with Crippen molar-refractivity contribution in [1.29, 1.82) is 0 Å². The number of fused-ring (bicyclic) bond motifs is 1. The third kappa shape index (κ3) is 7.47. The van der Waals surface area contributed by atoms with Crippen LogP contribution in [-0.2, 0) is 51.9 Å². The van der Waals surface area contributed by atoms with Crippen molar-refractivity contribution < 1.29 is 33.2 Å². The van der Waals surface area contributed by atoms with Gasteiger partial charge in [0.2, 0.25) is 0 Å². The zero-order chi connectivity index (χ0) is 27.1. The summed E-state index contributed by atoms with van der Waals surface area (Å²) in [6.45, 7) is 12.1. The lowest BCUT2D eigenvalue weighted by atomic mass is 10.0. The van der Waals surface area contributed by atoms with Gasteiger partial charge in [0.1, 0.15) is 13.2 Å². The maximum Gasteiger partial charge on any atom is 0.407 e.